The van der Waals surface area contributed by atoms with E-state index in [4.69, 9.17) is 0 Å². The van der Waals surface area contributed by atoms with E-state index in [1.54, 1.807) is 27.2 Å². The van der Waals surface area contributed by atoms with Crippen molar-refractivity contribution in [2.45, 2.75) is 37.9 Å². The molecule has 7 heteroatoms. The molecular formula is C14H25N3O3S. The first-order valence-electron chi connectivity index (χ1n) is 7.05. The molecule has 0 spiro atoms. The molecule has 0 saturated heterocycles. The van der Waals surface area contributed by atoms with Gasteiger partial charge in [-0.15, -0.1) is 0 Å². The van der Waals surface area contributed by atoms with Gasteiger partial charge in [0.2, 0.25) is 0 Å². The van der Waals surface area contributed by atoms with Gasteiger partial charge in [-0.05, 0) is 19.8 Å². The second-order valence-corrected chi connectivity index (χ2v) is 7.24. The molecular weight excluding hydrogens is 290 g/mol. The highest BCUT2D eigenvalue weighted by Crippen LogP contribution is 2.28. The van der Waals surface area contributed by atoms with Crippen LogP contribution >= 0.6 is 0 Å². The summed E-state index contributed by atoms with van der Waals surface area (Å²) in [6.07, 6.45) is 7.61. The maximum atomic E-state index is 12.5. The monoisotopic (exact) mass is 315 g/mol. The minimum absolute atomic E-state index is 0.0204. The Bertz CT molecular complexity index is 530. The average Bonchev–Trinajstić information content (AvgIpc) is 2.97. The zero-order chi connectivity index (χ0) is 15.9. The van der Waals surface area contributed by atoms with Gasteiger partial charge in [-0.2, -0.15) is 0 Å². The molecule has 1 saturated carbocycles. The standard InChI is InChI=1S/C14H25N3O3S/c1-11(8-15-2)13(18)9-17-14(10-16-3)21(19,20)12-6-4-5-7-12/h8-10,12,15-18H,4-7H2,1-3H3/b11-8+,13-9-,14-10+. The molecule has 0 aromatic carbocycles. The molecule has 21 heavy (non-hydrogen) atoms. The number of hydrogen-bond donors (Lipinski definition) is 4. The van der Waals surface area contributed by atoms with E-state index in [0.717, 1.165) is 12.8 Å². The molecule has 120 valence electrons. The lowest BCUT2D eigenvalue weighted by Crippen LogP contribution is -2.27. The summed E-state index contributed by atoms with van der Waals surface area (Å²) in [5.41, 5.74) is 0.604. The fourth-order valence-corrected chi connectivity index (χ4v) is 4.08. The van der Waals surface area contributed by atoms with Crippen molar-refractivity contribution in [2.24, 2.45) is 0 Å². The average molecular weight is 315 g/mol. The number of aliphatic hydroxyl groups excluding tert-OH is 1. The Hall–Kier alpha value is -1.63. The molecule has 0 radical (unpaired) electrons. The third kappa shape index (κ3) is 4.70. The van der Waals surface area contributed by atoms with Crippen LogP contribution in [0.15, 0.2) is 35.0 Å². The molecule has 0 aromatic heterocycles. The van der Waals surface area contributed by atoms with Crippen LogP contribution in [-0.4, -0.2) is 32.9 Å². The van der Waals surface area contributed by atoms with Crippen LogP contribution in [0.25, 0.3) is 0 Å². The lowest BCUT2D eigenvalue weighted by Gasteiger charge is -2.15. The van der Waals surface area contributed by atoms with E-state index in [1.165, 1.54) is 12.4 Å². The highest BCUT2D eigenvalue weighted by Gasteiger charge is 2.31. The highest BCUT2D eigenvalue weighted by molar-refractivity contribution is 7.95. The SMILES string of the molecule is CN/C=C(C)/C(O)=C/N/C(=C\NC)S(=O)(=O)C1CCCC1. The molecule has 0 amide bonds. The second kappa shape index (κ2) is 7.97. The van der Waals surface area contributed by atoms with Gasteiger partial charge < -0.3 is 21.1 Å². The lowest BCUT2D eigenvalue weighted by atomic mass is 10.3. The molecule has 1 fully saturated rings. The Morgan fingerprint density at radius 1 is 1.10 bits per heavy atom. The van der Waals surface area contributed by atoms with E-state index in [-0.39, 0.29) is 16.0 Å². The summed E-state index contributed by atoms with van der Waals surface area (Å²) in [5, 5.41) is 17.8. The van der Waals surface area contributed by atoms with Crippen LogP contribution in [0.5, 0.6) is 0 Å². The Morgan fingerprint density at radius 3 is 2.19 bits per heavy atom. The summed E-state index contributed by atoms with van der Waals surface area (Å²) in [6, 6.07) is 0. The van der Waals surface area contributed by atoms with Crippen molar-refractivity contribution in [2.75, 3.05) is 14.1 Å². The molecule has 0 unspecified atom stereocenters. The predicted molar refractivity (Wildman–Crippen MR) is 85.0 cm³/mol. The number of aliphatic hydroxyl groups is 1. The molecule has 1 aliphatic rings. The quantitative estimate of drug-likeness (QED) is 0.420. The van der Waals surface area contributed by atoms with Crippen molar-refractivity contribution >= 4 is 9.84 Å². The maximum absolute atomic E-state index is 12.5. The summed E-state index contributed by atoms with van der Waals surface area (Å²) in [6.45, 7) is 1.72. The van der Waals surface area contributed by atoms with Gasteiger partial charge in [-0.25, -0.2) is 8.42 Å². The molecule has 4 N–H and O–H groups in total. The van der Waals surface area contributed by atoms with E-state index >= 15 is 0 Å². The molecule has 1 aliphatic carbocycles. The van der Waals surface area contributed by atoms with Gasteiger partial charge in [-0.1, -0.05) is 12.8 Å². The number of allylic oxidation sites excluding steroid dienone is 1. The van der Waals surface area contributed by atoms with Crippen molar-refractivity contribution in [3.05, 3.63) is 35.0 Å². The Balaban J connectivity index is 2.91. The summed E-state index contributed by atoms with van der Waals surface area (Å²) < 4.78 is 25.0. The molecule has 0 aliphatic heterocycles. The zero-order valence-corrected chi connectivity index (χ0v) is 13.6. The summed E-state index contributed by atoms with van der Waals surface area (Å²) in [5.74, 6) is -0.0204. The number of sulfone groups is 1. The first-order chi connectivity index (χ1) is 9.93. The van der Waals surface area contributed by atoms with Crippen LogP contribution in [-0.2, 0) is 9.84 Å². The van der Waals surface area contributed by atoms with Gasteiger partial charge >= 0.3 is 0 Å². The van der Waals surface area contributed by atoms with Gasteiger partial charge in [0.15, 0.2) is 9.84 Å². The molecule has 0 aromatic rings. The minimum Gasteiger partial charge on any atom is -0.506 e. The second-order valence-electron chi connectivity index (χ2n) is 5.04. The Labute approximate surface area is 126 Å². The van der Waals surface area contributed by atoms with E-state index in [2.05, 4.69) is 16.0 Å². The van der Waals surface area contributed by atoms with Gasteiger partial charge in [0.05, 0.1) is 5.25 Å². The number of rotatable bonds is 7. The smallest absolute Gasteiger partial charge is 0.197 e. The predicted octanol–water partition coefficient (Wildman–Crippen LogP) is 1.47. The van der Waals surface area contributed by atoms with E-state index in [0.29, 0.717) is 18.4 Å². The van der Waals surface area contributed by atoms with Crippen LogP contribution in [0.4, 0.5) is 0 Å². The van der Waals surface area contributed by atoms with E-state index in [9.17, 15) is 13.5 Å². The fraction of sp³-hybridized carbons (Fsp3) is 0.571. The van der Waals surface area contributed by atoms with Crippen LogP contribution < -0.4 is 16.0 Å². The topological polar surface area (TPSA) is 90.5 Å². The summed E-state index contributed by atoms with van der Waals surface area (Å²) in [4.78, 5) is 0. The van der Waals surface area contributed by atoms with Crippen molar-refractivity contribution in [1.29, 1.82) is 0 Å². The van der Waals surface area contributed by atoms with Crippen molar-refractivity contribution in [3.8, 4) is 0 Å². The fourth-order valence-electron chi connectivity index (χ4n) is 2.26. The van der Waals surface area contributed by atoms with Gasteiger partial charge in [0, 0.05) is 38.3 Å². The largest absolute Gasteiger partial charge is 0.506 e. The normalized spacial score (nSPS) is 18.7. The molecule has 1 rings (SSSR count). The third-order valence-electron chi connectivity index (χ3n) is 3.44. The third-order valence-corrected chi connectivity index (χ3v) is 5.64. The molecule has 0 atom stereocenters. The number of nitrogens with one attached hydrogen (secondary N) is 3. The lowest BCUT2D eigenvalue weighted by molar-refractivity contribution is 0.419. The van der Waals surface area contributed by atoms with Crippen LogP contribution in [0, 0.1) is 0 Å². The summed E-state index contributed by atoms with van der Waals surface area (Å²) >= 11 is 0. The van der Waals surface area contributed by atoms with Gasteiger partial charge in [0.25, 0.3) is 0 Å². The summed E-state index contributed by atoms with van der Waals surface area (Å²) in [7, 11) is -0.0361. The van der Waals surface area contributed by atoms with Crippen LogP contribution in [0.3, 0.4) is 0 Å². The van der Waals surface area contributed by atoms with E-state index < -0.39 is 9.84 Å². The first-order valence-corrected chi connectivity index (χ1v) is 8.59. The molecule has 0 heterocycles. The van der Waals surface area contributed by atoms with Gasteiger partial charge in [0.1, 0.15) is 10.8 Å². The van der Waals surface area contributed by atoms with Crippen molar-refractivity contribution < 1.29 is 13.5 Å². The van der Waals surface area contributed by atoms with Crippen molar-refractivity contribution in [3.63, 3.8) is 0 Å². The Kier molecular flexibility index (Phi) is 6.61. The van der Waals surface area contributed by atoms with Gasteiger partial charge in [-0.3, -0.25) is 0 Å². The zero-order valence-electron chi connectivity index (χ0n) is 12.8. The minimum atomic E-state index is -3.40. The maximum Gasteiger partial charge on any atom is 0.197 e. The molecule has 0 bridgehead atoms. The van der Waals surface area contributed by atoms with E-state index in [1.807, 2.05) is 0 Å². The van der Waals surface area contributed by atoms with Crippen molar-refractivity contribution in [1.82, 2.24) is 16.0 Å². The highest BCUT2D eigenvalue weighted by atomic mass is 32.2. The van der Waals surface area contributed by atoms with Crippen LogP contribution in [0.1, 0.15) is 32.6 Å². The number of hydrogen-bond acceptors (Lipinski definition) is 6. The Morgan fingerprint density at radius 2 is 1.67 bits per heavy atom. The van der Waals surface area contributed by atoms with Crippen LogP contribution in [0.2, 0.25) is 0 Å². The molecule has 6 nitrogen and oxygen atoms in total. The first kappa shape index (κ1) is 17.4.